The SMILES string of the molecule is CC(C)(C)c1cc(-c2cc(-c3cc(C(C)(C)C)cc(C(C)(C)C)c3)cc(N(c3c#ccc(S(C)(C)C)c3)c3ccc4ccc5c(N(c6cc(-c7cc(C(C)(C)C)cc(C(C)(C)C)c7)cc(-c7cc(C(C)(C)C)cc(C(C)(C)C)c7)c6)c6cc(S(C)(C)C)cc(S(C)(C)C)c6)ccc6ccc3c4c65)c2)cc(C(C)(C)C)c1. The van der Waals surface area contributed by atoms with Gasteiger partial charge in [-0.15, -0.1) is 0 Å². The number of nitrogens with zero attached hydrogens (tertiary/aromatic N) is 2. The maximum absolute atomic E-state index is 3.82. The molecular formula is C105H130N2S3. The zero-order valence-corrected chi connectivity index (χ0v) is 76.0. The number of hydrogen-bond donors (Lipinski definition) is 0. The van der Waals surface area contributed by atoms with Crippen molar-refractivity contribution < 1.29 is 0 Å². The molecule has 5 heteroatoms. The molecule has 0 saturated carbocycles. The minimum Gasteiger partial charge on any atom is -0.310 e. The van der Waals surface area contributed by atoms with E-state index in [9.17, 15) is 0 Å². The summed E-state index contributed by atoms with van der Waals surface area (Å²) in [5.74, 6) is 0. The highest BCUT2D eigenvalue weighted by Crippen LogP contribution is 2.57. The molecule has 0 amide bonds. The summed E-state index contributed by atoms with van der Waals surface area (Å²) in [6.45, 7) is 56.6. The zero-order valence-electron chi connectivity index (χ0n) is 73.5. The number of rotatable bonds is 13. The molecule has 0 aliphatic heterocycles. The third kappa shape index (κ3) is 17.1. The first kappa shape index (κ1) is 81.6. The van der Waals surface area contributed by atoms with Crippen LogP contribution in [0.15, 0.2) is 203 Å². The summed E-state index contributed by atoms with van der Waals surface area (Å²) < 4.78 is 0. The van der Waals surface area contributed by atoms with Gasteiger partial charge in [0.1, 0.15) is 0 Å². The van der Waals surface area contributed by atoms with Gasteiger partial charge in [-0.05, 0) is 299 Å². The molecule has 12 aromatic carbocycles. The van der Waals surface area contributed by atoms with E-state index in [0.29, 0.717) is 0 Å². The van der Waals surface area contributed by atoms with E-state index in [1.807, 2.05) is 0 Å². The van der Waals surface area contributed by atoms with E-state index < -0.39 is 30.1 Å². The third-order valence-corrected chi connectivity index (χ3v) is 27.6. The van der Waals surface area contributed by atoms with Gasteiger partial charge < -0.3 is 9.80 Å². The molecule has 0 unspecified atom stereocenters. The third-order valence-electron chi connectivity index (χ3n) is 22.6. The van der Waals surface area contributed by atoms with Crippen molar-refractivity contribution in [2.75, 3.05) is 66.1 Å². The predicted molar refractivity (Wildman–Crippen MR) is 499 cm³/mol. The maximum Gasteiger partial charge on any atom is 0.0984 e. The Hall–Kier alpha value is -7.85. The predicted octanol–water partition coefficient (Wildman–Crippen LogP) is 31.3. The summed E-state index contributed by atoms with van der Waals surface area (Å²) in [6.07, 6.45) is 22.0. The van der Waals surface area contributed by atoms with Crippen molar-refractivity contribution in [3.8, 4) is 44.5 Å². The van der Waals surface area contributed by atoms with Crippen molar-refractivity contribution >= 4 is 96.5 Å². The molecule has 0 saturated heterocycles. The summed E-state index contributed by atoms with van der Waals surface area (Å²) in [7, 11) is -3.67. The van der Waals surface area contributed by atoms with Gasteiger partial charge in [-0.2, -0.15) is 0 Å². The highest BCUT2D eigenvalue weighted by Gasteiger charge is 2.32. The van der Waals surface area contributed by atoms with Crippen molar-refractivity contribution in [3.63, 3.8) is 0 Å². The molecule has 12 aromatic rings. The van der Waals surface area contributed by atoms with Crippen LogP contribution < -0.4 is 9.80 Å². The van der Waals surface area contributed by atoms with Crippen LogP contribution in [0, 0.1) is 12.1 Å². The number of hydrogen-bond acceptors (Lipinski definition) is 2. The van der Waals surface area contributed by atoms with Gasteiger partial charge in [0.25, 0.3) is 0 Å². The summed E-state index contributed by atoms with van der Waals surface area (Å²) >= 11 is 0. The van der Waals surface area contributed by atoms with Crippen LogP contribution in [0.4, 0.5) is 34.1 Å². The minimum atomic E-state index is -1.23. The van der Waals surface area contributed by atoms with Crippen LogP contribution in [-0.2, 0) is 43.3 Å². The van der Waals surface area contributed by atoms with Crippen LogP contribution >= 0.6 is 30.1 Å². The normalized spacial score (nSPS) is 13.9. The largest absolute Gasteiger partial charge is 0.310 e. The lowest BCUT2D eigenvalue weighted by Crippen LogP contribution is -2.17. The molecule has 0 N–H and O–H groups in total. The fourth-order valence-corrected chi connectivity index (χ4v) is 17.9. The van der Waals surface area contributed by atoms with E-state index in [1.165, 1.54) is 142 Å². The Balaban J connectivity index is 1.22. The van der Waals surface area contributed by atoms with Gasteiger partial charge in [-0.1, -0.05) is 281 Å². The Bertz CT molecular complexity index is 5150. The zero-order chi connectivity index (χ0) is 80.9. The molecule has 0 aromatic heterocycles. The van der Waals surface area contributed by atoms with Gasteiger partial charge in [0.2, 0.25) is 0 Å². The minimum absolute atomic E-state index is 0.0868. The average Bonchev–Trinajstić information content (AvgIpc) is 0.717. The Kier molecular flexibility index (Phi) is 20.8. The lowest BCUT2D eigenvalue weighted by Gasteiger charge is -2.35. The summed E-state index contributed by atoms with van der Waals surface area (Å²) in [6, 6.07) is 83.7. The second-order valence-electron chi connectivity index (χ2n) is 42.5. The molecule has 0 spiro atoms. The molecule has 0 heterocycles. The van der Waals surface area contributed by atoms with Crippen molar-refractivity contribution in [1.82, 2.24) is 0 Å². The standard InChI is InChI=1S/C105H130N2S3/c1-98(2,3)77-47-73(48-78(59-77)99(4,5)6)69-45-70(74-49-79(100(7,8)9)60-80(50-74)101(10,11)12)56-86(55-69)106(85-35-34-36-89(63-85)108(25,26)27)94-43-39-67-38-42-93-95(44-40-68-37-41-92(94)96(67)97(68)93)107(88-64-90(109(28,29)30)66-91(65-88)110(31,32)33)87-57-71(75-51-81(102(13,14)15)61-82(52-75)103(16,17)18)46-72(58-87)76-53-83(104(19,20)21)62-84(54-76)105(22,23)24/h36-66H,1-33H3. The Labute approximate surface area is 671 Å². The van der Waals surface area contributed by atoms with Crippen molar-refractivity contribution in [2.45, 2.75) is 224 Å². The summed E-state index contributed by atoms with van der Waals surface area (Å²) in [5, 5.41) is 7.28. The molecule has 0 fully saturated rings. The molecule has 0 bridgehead atoms. The lowest BCUT2D eigenvalue weighted by molar-refractivity contribution is 0.568. The summed E-state index contributed by atoms with van der Waals surface area (Å²) in [4.78, 5) is 9.30. The molecular weight excluding hydrogens is 1390 g/mol. The number of anilines is 6. The molecule has 578 valence electrons. The quantitative estimate of drug-likeness (QED) is 0.106. The topological polar surface area (TPSA) is 6.48 Å². The van der Waals surface area contributed by atoms with Crippen LogP contribution in [0.5, 0.6) is 0 Å². The molecule has 12 rings (SSSR count). The van der Waals surface area contributed by atoms with Crippen molar-refractivity contribution in [3.05, 3.63) is 245 Å². The Morgan fingerprint density at radius 2 is 0.482 bits per heavy atom. The smallest absolute Gasteiger partial charge is 0.0984 e. The van der Waals surface area contributed by atoms with E-state index in [1.54, 1.807) is 0 Å². The monoisotopic (exact) mass is 1510 g/mol. The second-order valence-corrected chi connectivity index (χ2v) is 55.0. The van der Waals surface area contributed by atoms with E-state index in [0.717, 1.165) is 28.4 Å². The van der Waals surface area contributed by atoms with Gasteiger partial charge in [0.05, 0.1) is 17.1 Å². The van der Waals surface area contributed by atoms with Gasteiger partial charge in [0, 0.05) is 38.8 Å². The molecule has 0 atom stereocenters. The first-order chi connectivity index (χ1) is 50.4. The van der Waals surface area contributed by atoms with Crippen LogP contribution in [0.3, 0.4) is 0 Å². The van der Waals surface area contributed by atoms with Gasteiger partial charge in [-0.3, -0.25) is 0 Å². The van der Waals surface area contributed by atoms with Crippen molar-refractivity contribution in [2.24, 2.45) is 0 Å². The van der Waals surface area contributed by atoms with Gasteiger partial charge in [0.15, 0.2) is 0 Å². The van der Waals surface area contributed by atoms with Crippen LogP contribution in [0.25, 0.3) is 76.8 Å². The first-order valence-corrected chi connectivity index (χ1v) is 48.4. The van der Waals surface area contributed by atoms with E-state index >= 15 is 0 Å². The van der Waals surface area contributed by atoms with E-state index in [4.69, 9.17) is 0 Å². The summed E-state index contributed by atoms with van der Waals surface area (Å²) in [5.41, 5.74) is 26.2. The van der Waals surface area contributed by atoms with E-state index in [2.05, 4.69) is 432 Å². The molecule has 2 nitrogen and oxygen atoms in total. The maximum atomic E-state index is 3.82. The highest BCUT2D eigenvalue weighted by atomic mass is 32.3. The van der Waals surface area contributed by atoms with Crippen LogP contribution in [-0.4, -0.2) is 56.3 Å². The van der Waals surface area contributed by atoms with Gasteiger partial charge in [-0.25, -0.2) is 30.1 Å². The lowest BCUT2D eigenvalue weighted by atomic mass is 9.78. The molecule has 0 aliphatic rings. The van der Waals surface area contributed by atoms with Gasteiger partial charge >= 0.3 is 0 Å². The Morgan fingerprint density at radius 3 is 0.755 bits per heavy atom. The average molecular weight is 1520 g/mol. The molecule has 0 aliphatic carbocycles. The first-order valence-electron chi connectivity index (χ1n) is 39.8. The highest BCUT2D eigenvalue weighted by molar-refractivity contribution is 8.33. The molecule has 110 heavy (non-hydrogen) atoms. The fourth-order valence-electron chi connectivity index (χ4n) is 15.0. The van der Waals surface area contributed by atoms with Crippen molar-refractivity contribution in [1.29, 1.82) is 0 Å². The number of benzene rings is 11. The Morgan fingerprint density at radius 1 is 0.236 bits per heavy atom. The van der Waals surface area contributed by atoms with E-state index in [-0.39, 0.29) is 43.3 Å². The molecule has 0 radical (unpaired) electrons. The second kappa shape index (κ2) is 28.1. The fraction of sp³-hybridized carbons (Fsp3) is 0.390. The van der Waals surface area contributed by atoms with Crippen LogP contribution in [0.1, 0.15) is 211 Å². The van der Waals surface area contributed by atoms with Crippen LogP contribution in [0.2, 0.25) is 0 Å².